The maximum Gasteiger partial charge on any atom is 0.341 e. The van der Waals surface area contributed by atoms with Crippen LogP contribution in [0.15, 0.2) is 53.3 Å². The first-order valence-corrected chi connectivity index (χ1v) is 10.5. The van der Waals surface area contributed by atoms with Crippen LogP contribution >= 0.6 is 0 Å². The van der Waals surface area contributed by atoms with Crippen molar-refractivity contribution in [1.82, 2.24) is 25.2 Å². The van der Waals surface area contributed by atoms with Gasteiger partial charge in [-0.15, -0.1) is 10.2 Å². The fraction of sp³-hybridized carbons (Fsp3) is 0.208. The average molecular weight is 445 g/mol. The summed E-state index contributed by atoms with van der Waals surface area (Å²) in [6, 6.07) is 15.4. The van der Waals surface area contributed by atoms with E-state index in [1.54, 1.807) is 0 Å². The first-order valence-electron chi connectivity index (χ1n) is 10.5. The van der Waals surface area contributed by atoms with Gasteiger partial charge in [-0.05, 0) is 35.2 Å². The summed E-state index contributed by atoms with van der Waals surface area (Å²) in [7, 11) is 0. The smallest absolute Gasteiger partial charge is 0.341 e. The number of aromatic carboxylic acids is 1. The summed E-state index contributed by atoms with van der Waals surface area (Å²) in [4.78, 5) is 24.7. The molecule has 33 heavy (non-hydrogen) atoms. The number of carboxylic acids is 1. The van der Waals surface area contributed by atoms with Crippen LogP contribution in [0.4, 0.5) is 0 Å². The van der Waals surface area contributed by atoms with Gasteiger partial charge in [0.15, 0.2) is 0 Å². The Kier molecular flexibility index (Phi) is 6.03. The van der Waals surface area contributed by atoms with Gasteiger partial charge < -0.3 is 14.8 Å². The van der Waals surface area contributed by atoms with Gasteiger partial charge in [-0.2, -0.15) is 5.21 Å². The van der Waals surface area contributed by atoms with Crippen molar-refractivity contribution in [1.29, 1.82) is 0 Å². The highest BCUT2D eigenvalue weighted by Gasteiger charge is 2.23. The zero-order valence-corrected chi connectivity index (χ0v) is 18.2. The van der Waals surface area contributed by atoms with Gasteiger partial charge in [0.1, 0.15) is 11.3 Å². The lowest BCUT2D eigenvalue weighted by Crippen LogP contribution is -2.29. The molecule has 0 aliphatic carbocycles. The standard InChI is InChI=1S/C24H23N5O4/c1-3-6-19-20(24(32)33)21(30)14(2)23(31)29(19)13-15-9-11-16(12-10-15)17-7-4-5-8-18(17)22-25-27-28-26-22/h4-5,7-12,30H,3,6,13H2,1-2H3,(H,32,33)(H,25,26,27,28). The predicted molar refractivity (Wildman–Crippen MR) is 122 cm³/mol. The Hall–Kier alpha value is -4.27. The van der Waals surface area contributed by atoms with Crippen LogP contribution in [-0.4, -0.2) is 41.4 Å². The summed E-state index contributed by atoms with van der Waals surface area (Å²) in [5, 5.41) is 34.2. The van der Waals surface area contributed by atoms with Crippen LogP contribution in [0.25, 0.3) is 22.5 Å². The van der Waals surface area contributed by atoms with Crippen molar-refractivity contribution in [3.05, 3.63) is 81.3 Å². The van der Waals surface area contributed by atoms with Gasteiger partial charge in [-0.25, -0.2) is 4.79 Å². The van der Waals surface area contributed by atoms with E-state index in [0.29, 0.717) is 24.4 Å². The fourth-order valence-corrected chi connectivity index (χ4v) is 3.95. The molecule has 9 nitrogen and oxygen atoms in total. The highest BCUT2D eigenvalue weighted by Crippen LogP contribution is 2.30. The van der Waals surface area contributed by atoms with Gasteiger partial charge in [0.2, 0.25) is 5.82 Å². The lowest BCUT2D eigenvalue weighted by atomic mass is 9.98. The number of carbonyl (C=O) groups is 1. The summed E-state index contributed by atoms with van der Waals surface area (Å²) < 4.78 is 1.45. The largest absolute Gasteiger partial charge is 0.506 e. The molecule has 0 saturated heterocycles. The Morgan fingerprint density at radius 1 is 1.09 bits per heavy atom. The van der Waals surface area contributed by atoms with E-state index in [0.717, 1.165) is 22.3 Å². The minimum atomic E-state index is -1.25. The fourth-order valence-electron chi connectivity index (χ4n) is 3.95. The maximum absolute atomic E-state index is 12.9. The molecule has 0 saturated carbocycles. The molecule has 0 aliphatic rings. The number of carboxylic acid groups (broad SMARTS) is 1. The number of aromatic nitrogens is 5. The molecule has 0 aliphatic heterocycles. The summed E-state index contributed by atoms with van der Waals surface area (Å²) in [5.41, 5.74) is 3.28. The second-order valence-electron chi connectivity index (χ2n) is 7.72. The molecule has 2 heterocycles. The van der Waals surface area contributed by atoms with Gasteiger partial charge >= 0.3 is 5.97 Å². The normalized spacial score (nSPS) is 11.0. The number of rotatable bonds is 7. The van der Waals surface area contributed by atoms with Gasteiger partial charge in [0, 0.05) is 11.3 Å². The molecule has 9 heteroatoms. The van der Waals surface area contributed by atoms with E-state index in [2.05, 4.69) is 20.6 Å². The van der Waals surface area contributed by atoms with Crippen LogP contribution in [-0.2, 0) is 13.0 Å². The second kappa shape index (κ2) is 9.07. The highest BCUT2D eigenvalue weighted by molar-refractivity contribution is 5.92. The quantitative estimate of drug-likeness (QED) is 0.397. The van der Waals surface area contributed by atoms with E-state index in [1.165, 1.54) is 11.5 Å². The van der Waals surface area contributed by atoms with E-state index < -0.39 is 17.3 Å². The zero-order valence-electron chi connectivity index (χ0n) is 18.2. The number of nitrogens with one attached hydrogen (secondary N) is 1. The molecule has 2 aromatic heterocycles. The highest BCUT2D eigenvalue weighted by atomic mass is 16.4. The van der Waals surface area contributed by atoms with Gasteiger partial charge in [-0.3, -0.25) is 4.79 Å². The van der Waals surface area contributed by atoms with Crippen LogP contribution in [0.1, 0.15) is 40.5 Å². The molecule has 2 aromatic carbocycles. The third-order valence-electron chi connectivity index (χ3n) is 5.59. The number of aromatic hydroxyl groups is 1. The molecule has 168 valence electrons. The summed E-state index contributed by atoms with van der Waals surface area (Å²) in [6.45, 7) is 3.53. The second-order valence-corrected chi connectivity index (χ2v) is 7.72. The third kappa shape index (κ3) is 4.12. The Morgan fingerprint density at radius 3 is 2.39 bits per heavy atom. The van der Waals surface area contributed by atoms with Crippen molar-refractivity contribution >= 4 is 5.97 Å². The number of hydrogen-bond donors (Lipinski definition) is 3. The van der Waals surface area contributed by atoms with Gasteiger partial charge in [0.05, 0.1) is 12.1 Å². The van der Waals surface area contributed by atoms with Crippen molar-refractivity contribution in [3.8, 4) is 28.3 Å². The molecule has 0 bridgehead atoms. The topological polar surface area (TPSA) is 134 Å². The van der Waals surface area contributed by atoms with Crippen molar-refractivity contribution in [2.45, 2.75) is 33.2 Å². The molecule has 0 atom stereocenters. The molecular formula is C24H23N5O4. The number of hydrogen-bond acceptors (Lipinski definition) is 6. The van der Waals surface area contributed by atoms with Crippen LogP contribution in [0.3, 0.4) is 0 Å². The number of H-pyrrole nitrogens is 1. The third-order valence-corrected chi connectivity index (χ3v) is 5.59. The predicted octanol–water partition coefficient (Wildman–Crippen LogP) is 3.41. The number of pyridine rings is 1. The van der Waals surface area contributed by atoms with Gasteiger partial charge in [-0.1, -0.05) is 61.9 Å². The maximum atomic E-state index is 12.9. The minimum Gasteiger partial charge on any atom is -0.506 e. The van der Waals surface area contributed by atoms with Crippen molar-refractivity contribution < 1.29 is 15.0 Å². The van der Waals surface area contributed by atoms with Crippen LogP contribution < -0.4 is 5.56 Å². The van der Waals surface area contributed by atoms with Crippen LogP contribution in [0, 0.1) is 6.92 Å². The van der Waals surface area contributed by atoms with E-state index in [1.807, 2.05) is 55.5 Å². The monoisotopic (exact) mass is 445 g/mol. The molecule has 0 amide bonds. The molecule has 0 radical (unpaired) electrons. The number of benzene rings is 2. The van der Waals surface area contributed by atoms with E-state index in [-0.39, 0.29) is 17.7 Å². The first kappa shape index (κ1) is 21.9. The Morgan fingerprint density at radius 2 is 1.79 bits per heavy atom. The SMILES string of the molecule is CCCc1c(C(=O)O)c(O)c(C)c(=O)n1Cc1ccc(-c2ccccc2-c2nn[nH]n2)cc1. The molecule has 0 fully saturated rings. The number of nitrogens with zero attached hydrogens (tertiary/aromatic N) is 4. The molecule has 0 spiro atoms. The molecule has 4 rings (SSSR count). The number of aromatic amines is 1. The molecule has 4 aromatic rings. The summed E-state index contributed by atoms with van der Waals surface area (Å²) >= 11 is 0. The van der Waals surface area contributed by atoms with Crippen LogP contribution in [0.2, 0.25) is 0 Å². The summed E-state index contributed by atoms with van der Waals surface area (Å²) in [6.07, 6.45) is 0.995. The molecular weight excluding hydrogens is 422 g/mol. The lowest BCUT2D eigenvalue weighted by Gasteiger charge is -2.18. The Bertz CT molecular complexity index is 1360. The number of tetrazole rings is 1. The minimum absolute atomic E-state index is 0.0258. The lowest BCUT2D eigenvalue weighted by molar-refractivity contribution is 0.0690. The van der Waals surface area contributed by atoms with Crippen molar-refractivity contribution in [2.75, 3.05) is 0 Å². The van der Waals surface area contributed by atoms with E-state index in [4.69, 9.17) is 0 Å². The van der Waals surface area contributed by atoms with E-state index in [9.17, 15) is 19.8 Å². The Labute approximate surface area is 189 Å². The molecule has 0 unspecified atom stereocenters. The molecule has 3 N–H and O–H groups in total. The van der Waals surface area contributed by atoms with Crippen molar-refractivity contribution in [2.24, 2.45) is 0 Å². The van der Waals surface area contributed by atoms with Gasteiger partial charge in [0.25, 0.3) is 5.56 Å². The zero-order chi connectivity index (χ0) is 23.5. The van der Waals surface area contributed by atoms with Crippen molar-refractivity contribution in [3.63, 3.8) is 0 Å². The van der Waals surface area contributed by atoms with E-state index >= 15 is 0 Å². The Balaban J connectivity index is 1.73. The first-order chi connectivity index (χ1) is 15.9. The summed E-state index contributed by atoms with van der Waals surface area (Å²) in [5.74, 6) is -1.21. The van der Waals surface area contributed by atoms with Crippen LogP contribution in [0.5, 0.6) is 5.75 Å². The average Bonchev–Trinajstić information content (AvgIpc) is 3.35.